The zero-order valence-corrected chi connectivity index (χ0v) is 15.1. The molecular formula is C22H19N3O3. The number of hydrogen-bond acceptors (Lipinski definition) is 3. The monoisotopic (exact) mass is 373 g/mol. The van der Waals surface area contributed by atoms with E-state index in [2.05, 4.69) is 16.0 Å². The fourth-order valence-electron chi connectivity index (χ4n) is 3.34. The van der Waals surface area contributed by atoms with Crippen molar-refractivity contribution in [1.29, 1.82) is 0 Å². The first-order chi connectivity index (χ1) is 13.6. The van der Waals surface area contributed by atoms with E-state index in [1.807, 2.05) is 42.5 Å². The number of rotatable bonds is 4. The maximum atomic E-state index is 12.4. The molecule has 6 nitrogen and oxygen atoms in total. The van der Waals surface area contributed by atoms with E-state index in [0.29, 0.717) is 11.3 Å². The molecule has 1 atom stereocenters. The highest BCUT2D eigenvalue weighted by Crippen LogP contribution is 2.23. The number of para-hydroxylation sites is 1. The Bertz CT molecular complexity index is 1070. The second-order valence-electron chi connectivity index (χ2n) is 6.67. The summed E-state index contributed by atoms with van der Waals surface area (Å²) in [5, 5.41) is 10.3. The van der Waals surface area contributed by atoms with Gasteiger partial charge in [-0.15, -0.1) is 0 Å². The van der Waals surface area contributed by atoms with Gasteiger partial charge < -0.3 is 16.0 Å². The van der Waals surface area contributed by atoms with Crippen molar-refractivity contribution in [3.05, 3.63) is 72.3 Å². The van der Waals surface area contributed by atoms with Crippen molar-refractivity contribution in [1.82, 2.24) is 5.32 Å². The van der Waals surface area contributed by atoms with Gasteiger partial charge in [0.05, 0.1) is 11.3 Å². The van der Waals surface area contributed by atoms with Crippen molar-refractivity contribution >= 4 is 39.9 Å². The molecule has 0 unspecified atom stereocenters. The van der Waals surface area contributed by atoms with Crippen molar-refractivity contribution in [3.63, 3.8) is 0 Å². The minimum absolute atomic E-state index is 0.109. The van der Waals surface area contributed by atoms with Gasteiger partial charge in [-0.05, 0) is 30.0 Å². The number of nitrogens with one attached hydrogen (secondary N) is 3. The summed E-state index contributed by atoms with van der Waals surface area (Å²) in [6, 6.07) is 19.6. The number of benzene rings is 3. The quantitative estimate of drug-likeness (QED) is 0.656. The van der Waals surface area contributed by atoms with Crippen LogP contribution in [0.4, 0.5) is 11.4 Å². The van der Waals surface area contributed by atoms with Crippen LogP contribution < -0.4 is 16.0 Å². The average Bonchev–Trinajstić information content (AvgIpc) is 2.83. The third-order valence-corrected chi connectivity index (χ3v) is 4.78. The van der Waals surface area contributed by atoms with Gasteiger partial charge in [-0.3, -0.25) is 14.4 Å². The molecule has 0 saturated heterocycles. The topological polar surface area (TPSA) is 87.3 Å². The summed E-state index contributed by atoms with van der Waals surface area (Å²) >= 11 is 0. The second-order valence-corrected chi connectivity index (χ2v) is 6.67. The normalized spacial score (nSPS) is 15.9. The van der Waals surface area contributed by atoms with Crippen LogP contribution in [0.3, 0.4) is 0 Å². The fraction of sp³-hybridized carbons (Fsp3) is 0.136. The molecule has 6 heteroatoms. The third-order valence-electron chi connectivity index (χ3n) is 4.78. The second kappa shape index (κ2) is 7.52. The number of anilines is 2. The van der Waals surface area contributed by atoms with Crippen LogP contribution in [0.5, 0.6) is 0 Å². The zero-order chi connectivity index (χ0) is 19.5. The van der Waals surface area contributed by atoms with Crippen molar-refractivity contribution in [2.75, 3.05) is 10.6 Å². The summed E-state index contributed by atoms with van der Waals surface area (Å²) in [4.78, 5) is 37.2. The van der Waals surface area contributed by atoms with Crippen LogP contribution in [0.1, 0.15) is 23.2 Å². The molecule has 1 heterocycles. The molecule has 0 aromatic heterocycles. The van der Waals surface area contributed by atoms with E-state index in [1.54, 1.807) is 24.3 Å². The van der Waals surface area contributed by atoms with Crippen molar-refractivity contribution in [3.8, 4) is 0 Å². The standard InChI is InChI=1S/C22H19N3O3/c26-20(23-17-11-5-7-14-6-1-2-8-15(14)17)13-12-19-22(28)24-18-10-4-3-9-16(18)21(27)25-19/h1-11,19H,12-13H2,(H,23,26)(H,24,28)(H,25,27)/t19-/m1/s1. The maximum Gasteiger partial charge on any atom is 0.254 e. The van der Waals surface area contributed by atoms with Gasteiger partial charge in [0.2, 0.25) is 11.8 Å². The first kappa shape index (κ1) is 17.7. The average molecular weight is 373 g/mol. The van der Waals surface area contributed by atoms with Gasteiger partial charge in [0, 0.05) is 17.5 Å². The first-order valence-electron chi connectivity index (χ1n) is 9.10. The van der Waals surface area contributed by atoms with Gasteiger partial charge in [-0.1, -0.05) is 48.5 Å². The largest absolute Gasteiger partial charge is 0.340 e. The molecule has 0 saturated carbocycles. The molecule has 3 N–H and O–H groups in total. The van der Waals surface area contributed by atoms with Gasteiger partial charge in [-0.2, -0.15) is 0 Å². The van der Waals surface area contributed by atoms with Crippen molar-refractivity contribution < 1.29 is 14.4 Å². The summed E-state index contributed by atoms with van der Waals surface area (Å²) < 4.78 is 0. The van der Waals surface area contributed by atoms with Gasteiger partial charge in [-0.25, -0.2) is 0 Å². The molecule has 0 bridgehead atoms. The molecule has 0 aliphatic carbocycles. The third kappa shape index (κ3) is 3.57. The van der Waals surface area contributed by atoms with E-state index in [4.69, 9.17) is 0 Å². The Labute approximate surface area is 161 Å². The highest BCUT2D eigenvalue weighted by Gasteiger charge is 2.27. The van der Waals surface area contributed by atoms with Gasteiger partial charge in [0.1, 0.15) is 6.04 Å². The molecule has 1 aliphatic heterocycles. The first-order valence-corrected chi connectivity index (χ1v) is 9.10. The minimum atomic E-state index is -0.766. The molecule has 3 aromatic carbocycles. The van der Waals surface area contributed by atoms with Crippen LogP contribution in [0.25, 0.3) is 10.8 Å². The molecule has 3 amide bonds. The SMILES string of the molecule is O=C(CC[C@H]1NC(=O)c2ccccc2NC1=O)Nc1cccc2ccccc12. The summed E-state index contributed by atoms with van der Waals surface area (Å²) in [6.07, 6.45) is 0.320. The van der Waals surface area contributed by atoms with Crippen LogP contribution in [-0.4, -0.2) is 23.8 Å². The number of fused-ring (bicyclic) bond motifs is 2. The summed E-state index contributed by atoms with van der Waals surface area (Å²) in [6.45, 7) is 0. The lowest BCUT2D eigenvalue weighted by Gasteiger charge is -2.14. The van der Waals surface area contributed by atoms with Gasteiger partial charge in [0.25, 0.3) is 5.91 Å². The Morgan fingerprint density at radius 2 is 1.68 bits per heavy atom. The van der Waals surface area contributed by atoms with Crippen LogP contribution in [0.2, 0.25) is 0 Å². The molecule has 0 fully saturated rings. The Morgan fingerprint density at radius 3 is 2.57 bits per heavy atom. The van der Waals surface area contributed by atoms with Gasteiger partial charge in [0.15, 0.2) is 0 Å². The molecule has 1 aliphatic rings. The maximum absolute atomic E-state index is 12.4. The number of amides is 3. The Morgan fingerprint density at radius 1 is 0.929 bits per heavy atom. The van der Waals surface area contributed by atoms with Crippen LogP contribution >= 0.6 is 0 Å². The molecule has 0 radical (unpaired) electrons. The number of hydrogen-bond donors (Lipinski definition) is 3. The lowest BCUT2D eigenvalue weighted by Crippen LogP contribution is -2.41. The number of carbonyl (C=O) groups excluding carboxylic acids is 3. The van der Waals surface area contributed by atoms with Crippen LogP contribution in [-0.2, 0) is 9.59 Å². The van der Waals surface area contributed by atoms with Crippen molar-refractivity contribution in [2.45, 2.75) is 18.9 Å². The lowest BCUT2D eigenvalue weighted by molar-refractivity contribution is -0.118. The fourth-order valence-corrected chi connectivity index (χ4v) is 3.34. The van der Waals surface area contributed by atoms with E-state index < -0.39 is 6.04 Å². The van der Waals surface area contributed by atoms with E-state index in [0.717, 1.165) is 16.5 Å². The lowest BCUT2D eigenvalue weighted by atomic mass is 10.1. The molecule has 140 valence electrons. The predicted octanol–water partition coefficient (Wildman–Crippen LogP) is 3.31. The molecule has 3 aromatic rings. The zero-order valence-electron chi connectivity index (χ0n) is 15.1. The van der Waals surface area contributed by atoms with Crippen molar-refractivity contribution in [2.24, 2.45) is 0 Å². The summed E-state index contributed by atoms with van der Waals surface area (Å²) in [7, 11) is 0. The van der Waals surface area contributed by atoms with E-state index in [1.165, 1.54) is 0 Å². The molecule has 0 spiro atoms. The number of carbonyl (C=O) groups is 3. The summed E-state index contributed by atoms with van der Waals surface area (Å²) in [5.74, 6) is -0.857. The smallest absolute Gasteiger partial charge is 0.254 e. The highest BCUT2D eigenvalue weighted by atomic mass is 16.2. The van der Waals surface area contributed by atoms with E-state index in [-0.39, 0.29) is 30.6 Å². The minimum Gasteiger partial charge on any atom is -0.340 e. The Kier molecular flexibility index (Phi) is 4.76. The Hall–Kier alpha value is -3.67. The van der Waals surface area contributed by atoms with E-state index >= 15 is 0 Å². The molecule has 4 rings (SSSR count). The molecule has 28 heavy (non-hydrogen) atoms. The van der Waals surface area contributed by atoms with E-state index in [9.17, 15) is 14.4 Å². The summed E-state index contributed by atoms with van der Waals surface area (Å²) in [5.41, 5.74) is 1.62. The van der Waals surface area contributed by atoms with Crippen LogP contribution in [0, 0.1) is 0 Å². The van der Waals surface area contributed by atoms with Gasteiger partial charge >= 0.3 is 0 Å². The Balaban J connectivity index is 1.42. The molecular weight excluding hydrogens is 354 g/mol. The van der Waals surface area contributed by atoms with Crippen LogP contribution in [0.15, 0.2) is 66.7 Å². The predicted molar refractivity (Wildman–Crippen MR) is 108 cm³/mol. The highest BCUT2D eigenvalue weighted by molar-refractivity contribution is 6.10.